The number of hydrogen-bond donors (Lipinski definition) is 1. The van der Waals surface area contributed by atoms with Gasteiger partial charge in [-0.2, -0.15) is 0 Å². The van der Waals surface area contributed by atoms with Crippen molar-refractivity contribution in [2.45, 2.75) is 25.8 Å². The molecule has 0 aromatic heterocycles. The van der Waals surface area contributed by atoms with Gasteiger partial charge in [-0.3, -0.25) is 0 Å². The molecule has 0 amide bonds. The van der Waals surface area contributed by atoms with Crippen LogP contribution in [-0.2, 0) is 0 Å². The van der Waals surface area contributed by atoms with Crippen LogP contribution in [0.5, 0.6) is 11.5 Å². The molecule has 0 saturated heterocycles. The highest BCUT2D eigenvalue weighted by atomic mass is 16.6. The zero-order valence-corrected chi connectivity index (χ0v) is 9.53. The fourth-order valence-corrected chi connectivity index (χ4v) is 2.39. The highest BCUT2D eigenvalue weighted by molar-refractivity contribution is 5.55. The van der Waals surface area contributed by atoms with Crippen molar-refractivity contribution < 1.29 is 9.47 Å². The lowest BCUT2D eigenvalue weighted by Crippen LogP contribution is -2.33. The summed E-state index contributed by atoms with van der Waals surface area (Å²) in [7, 11) is 0. The van der Waals surface area contributed by atoms with Crippen LogP contribution in [0.15, 0.2) is 18.2 Å². The quantitative estimate of drug-likeness (QED) is 0.829. The predicted octanol–water partition coefficient (Wildman–Crippen LogP) is 2.67. The fraction of sp³-hybridized carbons (Fsp3) is 0.538. The van der Waals surface area contributed by atoms with Gasteiger partial charge in [0.2, 0.25) is 0 Å². The largest absolute Gasteiger partial charge is 0.486 e. The lowest BCUT2D eigenvalue weighted by Gasteiger charge is -2.34. The number of ether oxygens (including phenoxy) is 2. The molecular formula is C13H17NO2. The average molecular weight is 219 g/mol. The molecule has 1 aromatic carbocycles. The first-order valence-electron chi connectivity index (χ1n) is 5.97. The topological polar surface area (TPSA) is 30.5 Å². The van der Waals surface area contributed by atoms with E-state index in [1.165, 1.54) is 12.8 Å². The van der Waals surface area contributed by atoms with Crippen molar-refractivity contribution in [3.63, 3.8) is 0 Å². The van der Waals surface area contributed by atoms with E-state index in [2.05, 4.69) is 18.3 Å². The van der Waals surface area contributed by atoms with Crippen LogP contribution < -0.4 is 14.8 Å². The molecular weight excluding hydrogens is 202 g/mol. The first kappa shape index (κ1) is 9.82. The van der Waals surface area contributed by atoms with Crippen molar-refractivity contribution in [3.8, 4) is 11.5 Å². The van der Waals surface area contributed by atoms with E-state index in [0.717, 1.165) is 23.1 Å². The van der Waals surface area contributed by atoms with Crippen LogP contribution in [0.25, 0.3) is 0 Å². The van der Waals surface area contributed by atoms with E-state index in [4.69, 9.17) is 9.47 Å². The van der Waals surface area contributed by atoms with E-state index in [0.29, 0.717) is 19.3 Å². The molecule has 0 radical (unpaired) electrons. The van der Waals surface area contributed by atoms with Crippen molar-refractivity contribution >= 4 is 5.69 Å². The van der Waals surface area contributed by atoms with Crippen LogP contribution in [0.2, 0.25) is 0 Å². The van der Waals surface area contributed by atoms with Gasteiger partial charge in [0.25, 0.3) is 0 Å². The molecule has 3 heteroatoms. The third-order valence-electron chi connectivity index (χ3n) is 3.29. The predicted molar refractivity (Wildman–Crippen MR) is 63.2 cm³/mol. The lowest BCUT2D eigenvalue weighted by molar-refractivity contribution is 0.171. The summed E-state index contributed by atoms with van der Waals surface area (Å²) in [6.07, 6.45) is 2.54. The van der Waals surface area contributed by atoms with Crippen molar-refractivity contribution in [2.75, 3.05) is 18.5 Å². The Kier molecular flexibility index (Phi) is 2.39. The second-order valence-electron chi connectivity index (χ2n) is 4.78. The van der Waals surface area contributed by atoms with Gasteiger partial charge in [-0.05, 0) is 30.9 Å². The maximum absolute atomic E-state index is 5.55. The smallest absolute Gasteiger partial charge is 0.163 e. The van der Waals surface area contributed by atoms with E-state index in [-0.39, 0.29) is 0 Å². The molecule has 1 fully saturated rings. The minimum Gasteiger partial charge on any atom is -0.486 e. The molecule has 1 aliphatic heterocycles. The zero-order valence-electron chi connectivity index (χ0n) is 9.53. The van der Waals surface area contributed by atoms with Crippen molar-refractivity contribution in [1.29, 1.82) is 0 Å². The molecule has 1 saturated carbocycles. The Bertz CT molecular complexity index is 386. The second-order valence-corrected chi connectivity index (χ2v) is 4.78. The first-order valence-corrected chi connectivity index (χ1v) is 5.97. The van der Waals surface area contributed by atoms with Gasteiger partial charge in [0.1, 0.15) is 13.2 Å². The Labute approximate surface area is 95.8 Å². The molecule has 1 N–H and O–H groups in total. The summed E-state index contributed by atoms with van der Waals surface area (Å²) in [5, 5.41) is 3.52. The number of rotatable bonds is 2. The summed E-state index contributed by atoms with van der Waals surface area (Å²) in [6.45, 7) is 3.60. The van der Waals surface area contributed by atoms with Crippen LogP contribution in [-0.4, -0.2) is 19.3 Å². The van der Waals surface area contributed by atoms with Crippen molar-refractivity contribution in [2.24, 2.45) is 5.92 Å². The maximum Gasteiger partial charge on any atom is 0.163 e. The van der Waals surface area contributed by atoms with E-state index in [1.54, 1.807) is 0 Å². The second kappa shape index (κ2) is 3.89. The molecule has 0 spiro atoms. The molecule has 1 aliphatic carbocycles. The van der Waals surface area contributed by atoms with Crippen molar-refractivity contribution in [1.82, 2.24) is 0 Å². The fourth-order valence-electron chi connectivity index (χ4n) is 2.39. The van der Waals surface area contributed by atoms with Crippen LogP contribution in [0, 0.1) is 5.92 Å². The summed E-state index contributed by atoms with van der Waals surface area (Å²) >= 11 is 0. The van der Waals surface area contributed by atoms with Gasteiger partial charge in [0, 0.05) is 17.8 Å². The number of fused-ring (bicyclic) bond motifs is 1. The minimum absolute atomic E-state index is 0.637. The molecule has 3 nitrogen and oxygen atoms in total. The van der Waals surface area contributed by atoms with Crippen LogP contribution in [0.1, 0.15) is 19.8 Å². The average Bonchev–Trinajstić information content (AvgIpc) is 2.27. The third-order valence-corrected chi connectivity index (χ3v) is 3.29. The van der Waals surface area contributed by atoms with Crippen LogP contribution >= 0.6 is 0 Å². The van der Waals surface area contributed by atoms with Gasteiger partial charge >= 0.3 is 0 Å². The maximum atomic E-state index is 5.55. The molecule has 2 aliphatic rings. The van der Waals surface area contributed by atoms with E-state index in [9.17, 15) is 0 Å². The Hall–Kier alpha value is -1.38. The Balaban J connectivity index is 1.71. The highest BCUT2D eigenvalue weighted by Gasteiger charge is 2.25. The summed E-state index contributed by atoms with van der Waals surface area (Å²) < 4.78 is 11.0. The zero-order chi connectivity index (χ0) is 11.0. The summed E-state index contributed by atoms with van der Waals surface area (Å²) in [5.41, 5.74) is 1.14. The van der Waals surface area contributed by atoms with Gasteiger partial charge in [-0.25, -0.2) is 0 Å². The Morgan fingerprint density at radius 3 is 2.62 bits per heavy atom. The number of benzene rings is 1. The molecule has 16 heavy (non-hydrogen) atoms. The van der Waals surface area contributed by atoms with Gasteiger partial charge in [-0.1, -0.05) is 6.92 Å². The van der Waals surface area contributed by atoms with E-state index < -0.39 is 0 Å². The normalized spacial score (nSPS) is 27.1. The monoisotopic (exact) mass is 219 g/mol. The van der Waals surface area contributed by atoms with Gasteiger partial charge in [0.05, 0.1) is 0 Å². The summed E-state index contributed by atoms with van der Waals surface area (Å²) in [5.74, 6) is 2.59. The van der Waals surface area contributed by atoms with Gasteiger partial charge < -0.3 is 14.8 Å². The molecule has 0 bridgehead atoms. The summed E-state index contributed by atoms with van der Waals surface area (Å²) in [6, 6.07) is 6.73. The standard InChI is InChI=1S/C13H17NO2/c1-9-6-11(7-9)14-10-2-3-12-13(8-10)16-5-4-15-12/h2-3,8-9,11,14H,4-7H2,1H3. The van der Waals surface area contributed by atoms with Gasteiger partial charge in [-0.15, -0.1) is 0 Å². The van der Waals surface area contributed by atoms with Crippen molar-refractivity contribution in [3.05, 3.63) is 18.2 Å². The molecule has 1 aromatic rings. The SMILES string of the molecule is CC1CC(Nc2ccc3c(c2)OCCO3)C1. The molecule has 86 valence electrons. The number of nitrogens with one attached hydrogen (secondary N) is 1. The molecule has 1 heterocycles. The Morgan fingerprint density at radius 1 is 1.12 bits per heavy atom. The van der Waals surface area contributed by atoms with E-state index in [1.807, 2.05) is 12.1 Å². The highest BCUT2D eigenvalue weighted by Crippen LogP contribution is 2.35. The van der Waals surface area contributed by atoms with E-state index >= 15 is 0 Å². The van der Waals surface area contributed by atoms with Crippen LogP contribution in [0.3, 0.4) is 0 Å². The molecule has 0 atom stereocenters. The minimum atomic E-state index is 0.637. The third kappa shape index (κ3) is 1.82. The number of anilines is 1. The lowest BCUT2D eigenvalue weighted by atomic mass is 9.82. The Morgan fingerprint density at radius 2 is 1.88 bits per heavy atom. The number of hydrogen-bond acceptors (Lipinski definition) is 3. The molecule has 3 rings (SSSR count). The van der Waals surface area contributed by atoms with Crippen LogP contribution in [0.4, 0.5) is 5.69 Å². The summed E-state index contributed by atoms with van der Waals surface area (Å²) in [4.78, 5) is 0. The first-order chi connectivity index (χ1) is 7.81. The van der Waals surface area contributed by atoms with Gasteiger partial charge in [0.15, 0.2) is 11.5 Å². The molecule has 0 unspecified atom stereocenters.